The molecule has 0 aromatic rings. The fourth-order valence-electron chi connectivity index (χ4n) is 3.68. The molecule has 1 N–H and O–H groups in total. The SMILES string of the molecule is CN(CC1CCCN1)C(=O)C1CC2C=CC1C2. The molecule has 1 saturated carbocycles. The zero-order valence-electron chi connectivity index (χ0n) is 10.6. The van der Waals surface area contributed by atoms with Crippen LogP contribution in [0.1, 0.15) is 25.7 Å². The number of carbonyl (C=O) groups excluding carboxylic acids is 1. The third kappa shape index (κ3) is 2.13. The molecule has 1 heterocycles. The maximum atomic E-state index is 12.4. The molecule has 0 radical (unpaired) electrons. The molecule has 3 rings (SSSR count). The predicted molar refractivity (Wildman–Crippen MR) is 67.5 cm³/mol. The van der Waals surface area contributed by atoms with Crippen molar-refractivity contribution in [1.29, 1.82) is 0 Å². The van der Waals surface area contributed by atoms with E-state index in [0.29, 0.717) is 23.8 Å². The molecule has 1 aliphatic heterocycles. The molecular weight excluding hydrogens is 212 g/mol. The average Bonchev–Trinajstić information content (AvgIpc) is 3.04. The van der Waals surface area contributed by atoms with Gasteiger partial charge >= 0.3 is 0 Å². The zero-order chi connectivity index (χ0) is 11.8. The summed E-state index contributed by atoms with van der Waals surface area (Å²) in [6.45, 7) is 2.00. The summed E-state index contributed by atoms with van der Waals surface area (Å²) in [6, 6.07) is 0.526. The van der Waals surface area contributed by atoms with E-state index in [2.05, 4.69) is 17.5 Å². The predicted octanol–water partition coefficient (Wildman–Crippen LogP) is 1.41. The molecular formula is C14H22N2O. The van der Waals surface area contributed by atoms with E-state index in [1.807, 2.05) is 11.9 Å². The summed E-state index contributed by atoms with van der Waals surface area (Å²) in [7, 11) is 1.97. The van der Waals surface area contributed by atoms with Gasteiger partial charge in [-0.3, -0.25) is 4.79 Å². The van der Waals surface area contributed by atoms with Gasteiger partial charge in [0.2, 0.25) is 5.91 Å². The van der Waals surface area contributed by atoms with E-state index >= 15 is 0 Å². The Kier molecular flexibility index (Phi) is 2.95. The van der Waals surface area contributed by atoms with Crippen LogP contribution in [-0.4, -0.2) is 37.0 Å². The molecule has 3 nitrogen and oxygen atoms in total. The van der Waals surface area contributed by atoms with Crippen LogP contribution in [0.5, 0.6) is 0 Å². The first-order valence-corrected chi connectivity index (χ1v) is 6.90. The molecule has 17 heavy (non-hydrogen) atoms. The van der Waals surface area contributed by atoms with Crippen molar-refractivity contribution in [3.63, 3.8) is 0 Å². The summed E-state index contributed by atoms with van der Waals surface area (Å²) < 4.78 is 0. The quantitative estimate of drug-likeness (QED) is 0.749. The Bertz CT molecular complexity index is 333. The lowest BCUT2D eigenvalue weighted by molar-refractivity contribution is -0.135. The second-order valence-corrected chi connectivity index (χ2v) is 5.90. The second-order valence-electron chi connectivity index (χ2n) is 5.90. The average molecular weight is 234 g/mol. The van der Waals surface area contributed by atoms with Gasteiger partial charge in [0.1, 0.15) is 0 Å². The zero-order valence-corrected chi connectivity index (χ0v) is 10.6. The molecule has 1 saturated heterocycles. The first-order valence-electron chi connectivity index (χ1n) is 6.90. The third-order valence-corrected chi connectivity index (χ3v) is 4.63. The summed E-state index contributed by atoms with van der Waals surface area (Å²) in [5, 5.41) is 3.46. The fraction of sp³-hybridized carbons (Fsp3) is 0.786. The van der Waals surface area contributed by atoms with Gasteiger partial charge in [-0.15, -0.1) is 0 Å². The summed E-state index contributed by atoms with van der Waals surface area (Å²) in [5.41, 5.74) is 0. The summed E-state index contributed by atoms with van der Waals surface area (Å²) >= 11 is 0. The number of hydrogen-bond acceptors (Lipinski definition) is 2. The Labute approximate surface area is 103 Å². The van der Waals surface area contributed by atoms with Crippen molar-refractivity contribution in [2.45, 2.75) is 31.7 Å². The van der Waals surface area contributed by atoms with Crippen molar-refractivity contribution in [1.82, 2.24) is 10.2 Å². The molecule has 94 valence electrons. The number of rotatable bonds is 3. The molecule has 2 fully saturated rings. The van der Waals surface area contributed by atoms with Gasteiger partial charge in [-0.05, 0) is 44.1 Å². The van der Waals surface area contributed by atoms with Crippen molar-refractivity contribution in [2.24, 2.45) is 17.8 Å². The Morgan fingerprint density at radius 3 is 2.88 bits per heavy atom. The van der Waals surface area contributed by atoms with Crippen molar-refractivity contribution >= 4 is 5.91 Å². The van der Waals surface area contributed by atoms with Crippen LogP contribution in [-0.2, 0) is 4.79 Å². The maximum Gasteiger partial charge on any atom is 0.226 e. The Hall–Kier alpha value is -0.830. The first-order chi connectivity index (χ1) is 8.24. The minimum absolute atomic E-state index is 0.274. The van der Waals surface area contributed by atoms with Crippen LogP contribution in [0.4, 0.5) is 0 Å². The van der Waals surface area contributed by atoms with Crippen molar-refractivity contribution in [3.05, 3.63) is 12.2 Å². The molecule has 4 unspecified atom stereocenters. The Morgan fingerprint density at radius 2 is 2.29 bits per heavy atom. The fourth-order valence-corrected chi connectivity index (χ4v) is 3.68. The molecule has 0 aromatic carbocycles. The topological polar surface area (TPSA) is 32.3 Å². The van der Waals surface area contributed by atoms with Gasteiger partial charge in [0.15, 0.2) is 0 Å². The van der Waals surface area contributed by atoms with Crippen molar-refractivity contribution in [2.75, 3.05) is 20.1 Å². The number of nitrogens with one attached hydrogen (secondary N) is 1. The molecule has 3 heteroatoms. The number of nitrogens with zero attached hydrogens (tertiary/aromatic N) is 1. The number of carbonyl (C=O) groups is 1. The van der Waals surface area contributed by atoms with E-state index in [4.69, 9.17) is 0 Å². The van der Waals surface area contributed by atoms with Crippen molar-refractivity contribution < 1.29 is 4.79 Å². The van der Waals surface area contributed by atoms with E-state index in [0.717, 1.165) is 19.5 Å². The standard InChI is InChI=1S/C14H22N2O/c1-16(9-12-3-2-6-15-12)14(17)13-8-10-4-5-11(13)7-10/h4-5,10-13,15H,2-3,6-9H2,1H3. The Morgan fingerprint density at radius 1 is 1.41 bits per heavy atom. The van der Waals surface area contributed by atoms with Gasteiger partial charge in [0.25, 0.3) is 0 Å². The maximum absolute atomic E-state index is 12.4. The van der Waals surface area contributed by atoms with E-state index < -0.39 is 0 Å². The first kappa shape index (κ1) is 11.3. The lowest BCUT2D eigenvalue weighted by Crippen LogP contribution is -2.42. The lowest BCUT2D eigenvalue weighted by atomic mass is 9.92. The molecule has 4 atom stereocenters. The normalized spacial score (nSPS) is 38.9. The van der Waals surface area contributed by atoms with Gasteiger partial charge in [-0.25, -0.2) is 0 Å². The van der Waals surface area contributed by atoms with Gasteiger partial charge in [-0.2, -0.15) is 0 Å². The second kappa shape index (κ2) is 4.45. The van der Waals surface area contributed by atoms with Gasteiger partial charge < -0.3 is 10.2 Å². The molecule has 0 spiro atoms. The monoisotopic (exact) mass is 234 g/mol. The highest BCUT2D eigenvalue weighted by molar-refractivity contribution is 5.80. The van der Waals surface area contributed by atoms with Crippen LogP contribution in [0.25, 0.3) is 0 Å². The van der Waals surface area contributed by atoms with Gasteiger partial charge in [0.05, 0.1) is 0 Å². The van der Waals surface area contributed by atoms with Crippen LogP contribution in [0.2, 0.25) is 0 Å². The summed E-state index contributed by atoms with van der Waals surface area (Å²) in [4.78, 5) is 14.3. The van der Waals surface area contributed by atoms with E-state index in [1.54, 1.807) is 0 Å². The van der Waals surface area contributed by atoms with Crippen LogP contribution in [0, 0.1) is 17.8 Å². The highest BCUT2D eigenvalue weighted by atomic mass is 16.2. The minimum atomic E-state index is 0.274. The number of fused-ring (bicyclic) bond motifs is 2. The summed E-state index contributed by atoms with van der Waals surface area (Å²) in [5.74, 6) is 1.87. The van der Waals surface area contributed by atoms with Crippen LogP contribution in [0.15, 0.2) is 12.2 Å². The highest BCUT2D eigenvalue weighted by Gasteiger charge is 2.41. The largest absolute Gasteiger partial charge is 0.344 e. The van der Waals surface area contributed by atoms with Crippen LogP contribution >= 0.6 is 0 Å². The number of amides is 1. The number of hydrogen-bond donors (Lipinski definition) is 1. The lowest BCUT2D eigenvalue weighted by Gasteiger charge is -2.27. The molecule has 0 aromatic heterocycles. The van der Waals surface area contributed by atoms with Crippen molar-refractivity contribution in [3.8, 4) is 0 Å². The van der Waals surface area contributed by atoms with E-state index in [-0.39, 0.29) is 5.92 Å². The van der Waals surface area contributed by atoms with E-state index in [1.165, 1.54) is 19.3 Å². The van der Waals surface area contributed by atoms with E-state index in [9.17, 15) is 4.79 Å². The van der Waals surface area contributed by atoms with Gasteiger partial charge in [0, 0.05) is 25.6 Å². The van der Waals surface area contributed by atoms with Gasteiger partial charge in [-0.1, -0.05) is 12.2 Å². The summed E-state index contributed by atoms with van der Waals surface area (Å²) in [6.07, 6.45) is 9.33. The highest BCUT2D eigenvalue weighted by Crippen LogP contribution is 2.44. The molecule has 1 amide bonds. The molecule has 3 aliphatic rings. The minimum Gasteiger partial charge on any atom is -0.344 e. The third-order valence-electron chi connectivity index (χ3n) is 4.63. The number of likely N-dealkylation sites (N-methyl/N-ethyl adjacent to an activating group) is 1. The molecule has 2 aliphatic carbocycles. The smallest absolute Gasteiger partial charge is 0.226 e. The van der Waals surface area contributed by atoms with Crippen LogP contribution in [0.3, 0.4) is 0 Å². The number of allylic oxidation sites excluding steroid dienone is 2. The van der Waals surface area contributed by atoms with Crippen LogP contribution < -0.4 is 5.32 Å². The Balaban J connectivity index is 1.56. The molecule has 2 bridgehead atoms.